The average molecular weight is 364 g/mol. The molecule has 7 rings (SSSR count). The van der Waals surface area contributed by atoms with E-state index in [0.717, 1.165) is 54.0 Å². The molecule has 1 spiro atoms. The van der Waals surface area contributed by atoms with E-state index >= 15 is 0 Å². The minimum atomic E-state index is 0.122. The number of fused-ring (bicyclic) bond motifs is 12. The smallest absolute Gasteiger partial charge is 0.0957 e. The molecule has 2 heteroatoms. The number of nitrogens with zero attached hydrogens (tertiary/aromatic N) is 1. The van der Waals surface area contributed by atoms with Crippen LogP contribution in [-0.2, 0) is 4.74 Å². The maximum Gasteiger partial charge on any atom is 0.0957 e. The van der Waals surface area contributed by atoms with E-state index in [1.807, 2.05) is 12.6 Å². The van der Waals surface area contributed by atoms with Crippen LogP contribution in [0.2, 0.25) is 0 Å². The molecule has 9 unspecified atom stereocenters. The molecular weight excluding hydrogens is 330 g/mol. The Hall–Kier alpha value is -0.890. The number of hydrogen-bond acceptors (Lipinski definition) is 2. The summed E-state index contributed by atoms with van der Waals surface area (Å²) in [4.78, 5) is 4.56. The Morgan fingerprint density at radius 1 is 1.15 bits per heavy atom. The first kappa shape index (κ1) is 16.0. The van der Waals surface area contributed by atoms with Gasteiger partial charge in [-0.15, -0.1) is 0 Å². The second-order valence-corrected chi connectivity index (χ2v) is 10.8. The van der Waals surface area contributed by atoms with E-state index in [4.69, 9.17) is 4.74 Å². The second kappa shape index (κ2) is 4.99. The van der Waals surface area contributed by atoms with Gasteiger partial charge in [-0.3, -0.25) is 4.99 Å². The number of hydrogen-bond donors (Lipinski definition) is 0. The van der Waals surface area contributed by atoms with E-state index < -0.39 is 0 Å². The van der Waals surface area contributed by atoms with Crippen LogP contribution in [0.25, 0.3) is 0 Å². The van der Waals surface area contributed by atoms with Gasteiger partial charge in [-0.2, -0.15) is 0 Å². The third-order valence-electron chi connectivity index (χ3n) is 10.6. The van der Waals surface area contributed by atoms with Crippen LogP contribution in [0.3, 0.4) is 0 Å². The zero-order valence-corrected chi connectivity index (χ0v) is 16.9. The van der Waals surface area contributed by atoms with Gasteiger partial charge < -0.3 is 4.74 Å². The molecule has 0 radical (unpaired) electrons. The van der Waals surface area contributed by atoms with E-state index in [1.165, 1.54) is 50.7 Å². The number of aliphatic imine (C=N–C) groups is 1. The molecule has 0 amide bonds. The molecular formula is C25H33NO. The summed E-state index contributed by atoms with van der Waals surface area (Å²) >= 11 is 0. The Bertz CT molecular complexity index is 794. The molecule has 0 bridgehead atoms. The Labute approximate surface area is 163 Å². The molecule has 5 fully saturated rings. The van der Waals surface area contributed by atoms with Gasteiger partial charge in [0.2, 0.25) is 0 Å². The zero-order valence-electron chi connectivity index (χ0n) is 16.9. The first-order chi connectivity index (χ1) is 13.2. The highest BCUT2D eigenvalue weighted by molar-refractivity contribution is 5.96. The van der Waals surface area contributed by atoms with Crippen LogP contribution >= 0.6 is 0 Å². The average Bonchev–Trinajstić information content (AvgIpc) is 3.62. The SMILES string of the molecule is CCC12CCC3C4CCC(=NC)C=C4C4CC4C3C1C1CC1[C@@]21C=CCO1. The lowest BCUT2D eigenvalue weighted by atomic mass is 9.48. The fourth-order valence-corrected chi connectivity index (χ4v) is 9.67. The minimum Gasteiger partial charge on any atom is -0.366 e. The molecule has 0 saturated heterocycles. The highest BCUT2D eigenvalue weighted by Gasteiger charge is 2.79. The highest BCUT2D eigenvalue weighted by atomic mass is 16.5. The van der Waals surface area contributed by atoms with E-state index in [2.05, 4.69) is 30.1 Å². The lowest BCUT2D eigenvalue weighted by molar-refractivity contribution is -0.145. The van der Waals surface area contributed by atoms with Gasteiger partial charge >= 0.3 is 0 Å². The van der Waals surface area contributed by atoms with E-state index in [-0.39, 0.29) is 5.60 Å². The lowest BCUT2D eigenvalue weighted by Crippen LogP contribution is -2.56. The van der Waals surface area contributed by atoms with Crippen LogP contribution in [0, 0.1) is 52.8 Å². The summed E-state index contributed by atoms with van der Waals surface area (Å²) in [7, 11) is 1.99. The van der Waals surface area contributed by atoms with Crippen LogP contribution in [0.15, 0.2) is 28.8 Å². The third-order valence-corrected chi connectivity index (χ3v) is 10.6. The molecule has 6 aliphatic carbocycles. The Balaban J connectivity index is 1.32. The minimum absolute atomic E-state index is 0.122. The van der Waals surface area contributed by atoms with Crippen LogP contribution < -0.4 is 0 Å². The molecule has 7 aliphatic rings. The summed E-state index contributed by atoms with van der Waals surface area (Å²) < 4.78 is 6.64. The molecule has 0 aromatic rings. The summed E-state index contributed by atoms with van der Waals surface area (Å²) in [6.45, 7) is 3.35. The molecule has 2 nitrogen and oxygen atoms in total. The molecule has 0 N–H and O–H groups in total. The van der Waals surface area contributed by atoms with Crippen LogP contribution in [0.4, 0.5) is 0 Å². The maximum absolute atomic E-state index is 6.64. The summed E-state index contributed by atoms with van der Waals surface area (Å²) in [5.41, 5.74) is 3.77. The summed E-state index contributed by atoms with van der Waals surface area (Å²) in [6, 6.07) is 0. The van der Waals surface area contributed by atoms with Crippen molar-refractivity contribution in [3.63, 3.8) is 0 Å². The quantitative estimate of drug-likeness (QED) is 0.597. The molecule has 5 saturated carbocycles. The van der Waals surface area contributed by atoms with Crippen molar-refractivity contribution >= 4 is 5.71 Å². The topological polar surface area (TPSA) is 21.6 Å². The maximum atomic E-state index is 6.64. The predicted octanol–water partition coefficient (Wildman–Crippen LogP) is 5.06. The molecule has 27 heavy (non-hydrogen) atoms. The van der Waals surface area contributed by atoms with Gasteiger partial charge in [0.1, 0.15) is 0 Å². The fourth-order valence-electron chi connectivity index (χ4n) is 9.67. The first-order valence-electron chi connectivity index (χ1n) is 11.7. The summed E-state index contributed by atoms with van der Waals surface area (Å²) in [5.74, 6) is 7.52. The fraction of sp³-hybridized carbons (Fsp3) is 0.800. The predicted molar refractivity (Wildman–Crippen MR) is 108 cm³/mol. The highest BCUT2D eigenvalue weighted by Crippen LogP contribution is 2.81. The first-order valence-corrected chi connectivity index (χ1v) is 11.7. The largest absolute Gasteiger partial charge is 0.366 e. The number of rotatable bonds is 1. The van der Waals surface area contributed by atoms with Gasteiger partial charge in [0.25, 0.3) is 0 Å². The van der Waals surface area contributed by atoms with E-state index in [0.29, 0.717) is 5.41 Å². The van der Waals surface area contributed by atoms with Crippen molar-refractivity contribution < 1.29 is 4.74 Å². The summed E-state index contributed by atoms with van der Waals surface area (Å²) in [6.07, 6.45) is 17.2. The standard InChI is InChI=1S/C25H33NO/c1-3-24-9-7-16-15-6-5-14(26-2)11-17(15)18-12-19(18)22(16)23(24)20-13-21(20)25(24)8-4-10-27-25/h4,8,11,15-16,18-23H,3,5-7,9-10,12-13H2,1-2H3/t15?,16?,18?,19?,20?,21?,22?,23?,24?,25-/m0/s1. The molecule has 10 atom stereocenters. The Kier molecular flexibility index (Phi) is 2.95. The van der Waals surface area contributed by atoms with Gasteiger partial charge in [0.05, 0.1) is 12.2 Å². The normalized spacial score (nSPS) is 60.4. The van der Waals surface area contributed by atoms with Crippen molar-refractivity contribution in [1.82, 2.24) is 0 Å². The van der Waals surface area contributed by atoms with Crippen LogP contribution in [0.5, 0.6) is 0 Å². The molecule has 144 valence electrons. The van der Waals surface area contributed by atoms with Crippen molar-refractivity contribution in [3.8, 4) is 0 Å². The van der Waals surface area contributed by atoms with Crippen molar-refractivity contribution in [2.45, 2.75) is 57.5 Å². The van der Waals surface area contributed by atoms with E-state index in [1.54, 1.807) is 0 Å². The van der Waals surface area contributed by atoms with Gasteiger partial charge in [-0.25, -0.2) is 0 Å². The van der Waals surface area contributed by atoms with E-state index in [9.17, 15) is 0 Å². The Morgan fingerprint density at radius 3 is 2.85 bits per heavy atom. The van der Waals surface area contributed by atoms with Crippen molar-refractivity contribution in [2.24, 2.45) is 57.8 Å². The van der Waals surface area contributed by atoms with Gasteiger partial charge in [0.15, 0.2) is 0 Å². The van der Waals surface area contributed by atoms with Gasteiger partial charge in [0, 0.05) is 18.2 Å². The zero-order chi connectivity index (χ0) is 18.0. The van der Waals surface area contributed by atoms with Gasteiger partial charge in [-0.05, 0) is 98.4 Å². The number of ether oxygens (including phenoxy) is 1. The second-order valence-electron chi connectivity index (χ2n) is 10.8. The Morgan fingerprint density at radius 2 is 2.07 bits per heavy atom. The number of allylic oxidation sites excluding steroid dienone is 2. The monoisotopic (exact) mass is 363 g/mol. The van der Waals surface area contributed by atoms with Crippen molar-refractivity contribution in [3.05, 3.63) is 23.8 Å². The van der Waals surface area contributed by atoms with Crippen molar-refractivity contribution in [2.75, 3.05) is 13.7 Å². The molecule has 0 aromatic carbocycles. The molecule has 1 heterocycles. The molecule has 1 aliphatic heterocycles. The summed E-state index contributed by atoms with van der Waals surface area (Å²) in [5, 5.41) is 0. The van der Waals surface area contributed by atoms with Crippen LogP contribution in [0.1, 0.15) is 51.9 Å². The van der Waals surface area contributed by atoms with Crippen molar-refractivity contribution in [1.29, 1.82) is 0 Å². The lowest BCUT2D eigenvalue weighted by Gasteiger charge is -2.58. The third kappa shape index (κ3) is 1.69. The van der Waals surface area contributed by atoms with Crippen LogP contribution in [-0.4, -0.2) is 25.0 Å². The van der Waals surface area contributed by atoms with Gasteiger partial charge in [-0.1, -0.05) is 24.6 Å². The molecule has 0 aromatic heterocycles.